The fraction of sp³-hybridized carbons (Fsp3) is 0.0625. The molecule has 0 atom stereocenters. The van der Waals surface area contributed by atoms with Crippen LogP contribution < -0.4 is 10.1 Å². The van der Waals surface area contributed by atoms with E-state index in [-0.39, 0.29) is 12.5 Å². The van der Waals surface area contributed by atoms with E-state index in [1.54, 1.807) is 24.3 Å². The number of amides is 2. The van der Waals surface area contributed by atoms with E-state index < -0.39 is 6.09 Å². The van der Waals surface area contributed by atoms with Crippen molar-refractivity contribution in [3.8, 4) is 5.75 Å². The molecule has 1 aliphatic rings. The molecule has 0 radical (unpaired) electrons. The molecule has 0 fully saturated rings. The SMILES string of the molecule is O=C(Nc1ccccc1)Oc1ccccc1.O=C1COC=N1. The maximum atomic E-state index is 11.4. The summed E-state index contributed by atoms with van der Waals surface area (Å²) in [6, 6.07) is 18.1. The molecule has 2 aromatic rings. The Morgan fingerprint density at radius 2 is 1.68 bits per heavy atom. The lowest BCUT2D eigenvalue weighted by Gasteiger charge is -2.05. The lowest BCUT2D eigenvalue weighted by Crippen LogP contribution is -2.16. The van der Waals surface area contributed by atoms with Gasteiger partial charge < -0.3 is 9.47 Å². The molecule has 112 valence electrons. The Labute approximate surface area is 127 Å². The van der Waals surface area contributed by atoms with E-state index in [1.165, 1.54) is 0 Å². The monoisotopic (exact) mass is 298 g/mol. The summed E-state index contributed by atoms with van der Waals surface area (Å²) in [7, 11) is 0. The maximum absolute atomic E-state index is 11.4. The Kier molecular flexibility index (Phi) is 5.69. The highest BCUT2D eigenvalue weighted by molar-refractivity contribution is 5.88. The quantitative estimate of drug-likeness (QED) is 0.924. The molecule has 2 amide bonds. The van der Waals surface area contributed by atoms with Crippen molar-refractivity contribution in [2.24, 2.45) is 4.99 Å². The molecule has 1 heterocycles. The maximum Gasteiger partial charge on any atom is 0.417 e. The molecule has 1 N–H and O–H groups in total. The van der Waals surface area contributed by atoms with Crippen LogP contribution in [0, 0.1) is 0 Å². The minimum absolute atomic E-state index is 0.125. The predicted octanol–water partition coefficient (Wildman–Crippen LogP) is 2.87. The largest absolute Gasteiger partial charge is 0.473 e. The first kappa shape index (κ1) is 15.2. The molecule has 2 aromatic carbocycles. The number of hydrogen-bond acceptors (Lipinski definition) is 4. The van der Waals surface area contributed by atoms with Gasteiger partial charge in [0.2, 0.25) is 0 Å². The topological polar surface area (TPSA) is 77.0 Å². The lowest BCUT2D eigenvalue weighted by atomic mass is 10.3. The van der Waals surface area contributed by atoms with Crippen molar-refractivity contribution < 1.29 is 19.1 Å². The highest BCUT2D eigenvalue weighted by atomic mass is 16.6. The second kappa shape index (κ2) is 8.21. The third-order valence-corrected chi connectivity index (χ3v) is 2.45. The summed E-state index contributed by atoms with van der Waals surface area (Å²) in [6.45, 7) is 0.125. The number of ether oxygens (including phenoxy) is 2. The number of para-hydroxylation sites is 2. The zero-order valence-electron chi connectivity index (χ0n) is 11.6. The van der Waals surface area contributed by atoms with Crippen LogP contribution in [0.25, 0.3) is 0 Å². The summed E-state index contributed by atoms with van der Waals surface area (Å²) in [5.74, 6) is 0.325. The zero-order chi connectivity index (χ0) is 15.6. The first-order chi connectivity index (χ1) is 10.7. The van der Waals surface area contributed by atoms with Gasteiger partial charge in [-0.3, -0.25) is 10.1 Å². The van der Waals surface area contributed by atoms with Gasteiger partial charge in [-0.1, -0.05) is 36.4 Å². The minimum atomic E-state index is -0.489. The summed E-state index contributed by atoms with van der Waals surface area (Å²) in [6.07, 6.45) is 0.667. The molecular weight excluding hydrogens is 284 g/mol. The number of anilines is 1. The van der Waals surface area contributed by atoms with Gasteiger partial charge in [0.05, 0.1) is 0 Å². The van der Waals surface area contributed by atoms with Crippen LogP contribution in [-0.2, 0) is 9.53 Å². The van der Waals surface area contributed by atoms with E-state index in [0.29, 0.717) is 11.4 Å². The van der Waals surface area contributed by atoms with Gasteiger partial charge in [-0.25, -0.2) is 4.79 Å². The van der Waals surface area contributed by atoms with Gasteiger partial charge in [0.25, 0.3) is 5.91 Å². The van der Waals surface area contributed by atoms with E-state index in [9.17, 15) is 9.59 Å². The van der Waals surface area contributed by atoms with Crippen molar-refractivity contribution in [3.05, 3.63) is 60.7 Å². The fourth-order valence-electron chi connectivity index (χ4n) is 1.50. The predicted molar refractivity (Wildman–Crippen MR) is 82.0 cm³/mol. The van der Waals surface area contributed by atoms with Crippen molar-refractivity contribution in [2.45, 2.75) is 0 Å². The van der Waals surface area contributed by atoms with Gasteiger partial charge >= 0.3 is 6.09 Å². The number of rotatable bonds is 2. The van der Waals surface area contributed by atoms with Crippen molar-refractivity contribution in [3.63, 3.8) is 0 Å². The molecule has 0 aromatic heterocycles. The number of aliphatic imine (C=N–C) groups is 1. The van der Waals surface area contributed by atoms with E-state index in [1.807, 2.05) is 36.4 Å². The smallest absolute Gasteiger partial charge is 0.417 e. The average molecular weight is 298 g/mol. The molecule has 1 aliphatic heterocycles. The van der Waals surface area contributed by atoms with Crippen molar-refractivity contribution in [1.82, 2.24) is 0 Å². The van der Waals surface area contributed by atoms with E-state index in [4.69, 9.17) is 4.74 Å². The van der Waals surface area contributed by atoms with Crippen LogP contribution in [-0.4, -0.2) is 25.0 Å². The second-order valence-corrected chi connectivity index (χ2v) is 4.13. The molecule has 0 saturated heterocycles. The summed E-state index contributed by atoms with van der Waals surface area (Å²) in [5, 5.41) is 2.63. The fourth-order valence-corrected chi connectivity index (χ4v) is 1.50. The van der Waals surface area contributed by atoms with Crippen LogP contribution in [0.3, 0.4) is 0 Å². The Morgan fingerprint density at radius 3 is 2.18 bits per heavy atom. The van der Waals surface area contributed by atoms with E-state index >= 15 is 0 Å². The van der Waals surface area contributed by atoms with Crippen LogP contribution in [0.2, 0.25) is 0 Å². The normalized spacial score (nSPS) is 11.9. The first-order valence-electron chi connectivity index (χ1n) is 6.50. The number of carbonyl (C=O) groups is 2. The summed E-state index contributed by atoms with van der Waals surface area (Å²) < 4.78 is 9.48. The van der Waals surface area contributed by atoms with Gasteiger partial charge in [-0.15, -0.1) is 0 Å². The van der Waals surface area contributed by atoms with Gasteiger partial charge in [-0.05, 0) is 24.3 Å². The Morgan fingerprint density at radius 1 is 1.05 bits per heavy atom. The third-order valence-electron chi connectivity index (χ3n) is 2.45. The lowest BCUT2D eigenvalue weighted by molar-refractivity contribution is -0.118. The van der Waals surface area contributed by atoms with Crippen LogP contribution in [0.15, 0.2) is 65.7 Å². The number of hydrogen-bond donors (Lipinski definition) is 1. The molecule has 22 heavy (non-hydrogen) atoms. The van der Waals surface area contributed by atoms with Gasteiger partial charge in [0, 0.05) is 5.69 Å². The van der Waals surface area contributed by atoms with Crippen LogP contribution in [0.1, 0.15) is 0 Å². The molecule has 0 spiro atoms. The Bertz CT molecular complexity index is 598. The van der Waals surface area contributed by atoms with Crippen molar-refractivity contribution in [1.29, 1.82) is 0 Å². The average Bonchev–Trinajstić information content (AvgIpc) is 3.01. The Hall–Kier alpha value is -3.15. The molecule has 0 aliphatic carbocycles. The van der Waals surface area contributed by atoms with E-state index in [0.717, 1.165) is 6.40 Å². The molecule has 0 bridgehead atoms. The zero-order valence-corrected chi connectivity index (χ0v) is 11.6. The standard InChI is InChI=1S/C13H11NO2.C3H3NO2/c15-13(14-11-7-3-1-4-8-11)16-12-9-5-2-6-10-12;5-3-1-6-2-4-3/h1-10H,(H,14,15);2H,1H2. The molecule has 6 nitrogen and oxygen atoms in total. The third kappa shape index (κ3) is 5.46. The Balaban J connectivity index is 0.000000246. The second-order valence-electron chi connectivity index (χ2n) is 4.13. The number of carbonyl (C=O) groups excluding carboxylic acids is 2. The van der Waals surface area contributed by atoms with Gasteiger partial charge in [-0.2, -0.15) is 4.99 Å². The first-order valence-corrected chi connectivity index (χ1v) is 6.50. The van der Waals surface area contributed by atoms with Crippen LogP contribution >= 0.6 is 0 Å². The highest BCUT2D eigenvalue weighted by Gasteiger charge is 2.03. The molecular formula is C16H14N2O4. The van der Waals surface area contributed by atoms with E-state index in [2.05, 4.69) is 15.0 Å². The molecule has 3 rings (SSSR count). The van der Waals surface area contributed by atoms with Crippen molar-refractivity contribution in [2.75, 3.05) is 11.9 Å². The minimum Gasteiger partial charge on any atom is -0.473 e. The van der Waals surface area contributed by atoms with Gasteiger partial charge in [0.15, 0.2) is 13.0 Å². The number of nitrogens with zero attached hydrogens (tertiary/aromatic N) is 1. The molecule has 6 heteroatoms. The molecule has 0 unspecified atom stereocenters. The number of nitrogens with one attached hydrogen (secondary N) is 1. The number of benzene rings is 2. The van der Waals surface area contributed by atoms with Gasteiger partial charge in [0.1, 0.15) is 5.75 Å². The summed E-state index contributed by atoms with van der Waals surface area (Å²) in [5.41, 5.74) is 0.712. The molecule has 0 saturated carbocycles. The summed E-state index contributed by atoms with van der Waals surface area (Å²) >= 11 is 0. The highest BCUT2D eigenvalue weighted by Crippen LogP contribution is 2.10. The summed E-state index contributed by atoms with van der Waals surface area (Å²) in [4.78, 5) is 24.6. The van der Waals surface area contributed by atoms with Crippen molar-refractivity contribution >= 4 is 24.1 Å². The van der Waals surface area contributed by atoms with Crippen LogP contribution in [0.5, 0.6) is 5.75 Å². The van der Waals surface area contributed by atoms with Crippen LogP contribution in [0.4, 0.5) is 10.5 Å².